The highest BCUT2D eigenvalue weighted by Gasteiger charge is 2.24. The molecule has 0 N–H and O–H groups in total. The van der Waals surface area contributed by atoms with Gasteiger partial charge in [-0.3, -0.25) is 9.38 Å². The topological polar surface area (TPSA) is 59.2 Å². The average molecular weight is 424 g/mol. The number of hydrogen-bond acceptors (Lipinski definition) is 5. The molecule has 0 atom stereocenters. The monoisotopic (exact) mass is 424 g/mol. The molecule has 0 spiro atoms. The van der Waals surface area contributed by atoms with Crippen molar-refractivity contribution in [2.24, 2.45) is 0 Å². The number of benzene rings is 2. The van der Waals surface area contributed by atoms with Gasteiger partial charge in [-0.1, -0.05) is 18.2 Å². The highest BCUT2D eigenvalue weighted by molar-refractivity contribution is 5.94. The zero-order valence-corrected chi connectivity index (χ0v) is 17.8. The minimum Gasteiger partial charge on any atom is -0.329 e. The molecule has 1 saturated carbocycles. The molecule has 0 amide bonds. The van der Waals surface area contributed by atoms with Crippen LogP contribution in [-0.2, 0) is 0 Å². The maximum absolute atomic E-state index is 14.5. The van der Waals surface area contributed by atoms with Crippen LogP contribution in [0.1, 0.15) is 30.0 Å². The Morgan fingerprint density at radius 3 is 2.72 bits per heavy atom. The largest absolute Gasteiger partial charge is 0.329 e. The predicted molar refractivity (Wildman–Crippen MR) is 123 cm³/mol. The lowest BCUT2D eigenvalue weighted by Crippen LogP contribution is -2.13. The first-order valence-electron chi connectivity index (χ1n) is 10.7. The fraction of sp³-hybridized carbons (Fsp3) is 0.200. The standard InChI is InChI=1S/C25H21FN6/c1-15-10-23-20(12-21(15)26)24(29-25-30-28-14-32(23)25)31(2)19-5-3-4-17(11-19)18-8-9-22(27-13-18)16-6-7-16/h3-5,8-14,16H,6-7H2,1-2H3. The van der Waals surface area contributed by atoms with Crippen molar-refractivity contribution < 1.29 is 4.39 Å². The Balaban J connectivity index is 1.45. The summed E-state index contributed by atoms with van der Waals surface area (Å²) in [6.45, 7) is 1.75. The number of rotatable bonds is 4. The summed E-state index contributed by atoms with van der Waals surface area (Å²) in [4.78, 5) is 11.3. The summed E-state index contributed by atoms with van der Waals surface area (Å²) in [5.74, 6) is 1.47. The van der Waals surface area contributed by atoms with Gasteiger partial charge in [0.1, 0.15) is 18.0 Å². The van der Waals surface area contributed by atoms with Gasteiger partial charge in [0.05, 0.1) is 5.52 Å². The van der Waals surface area contributed by atoms with E-state index in [1.807, 2.05) is 36.3 Å². The van der Waals surface area contributed by atoms with E-state index < -0.39 is 0 Å². The smallest absolute Gasteiger partial charge is 0.257 e. The molecule has 0 bridgehead atoms. The van der Waals surface area contributed by atoms with Crippen LogP contribution in [0.15, 0.2) is 61.1 Å². The van der Waals surface area contributed by atoms with Gasteiger partial charge in [-0.25, -0.2) is 4.39 Å². The average Bonchev–Trinajstić information content (AvgIpc) is 3.56. The van der Waals surface area contributed by atoms with Crippen LogP contribution in [0, 0.1) is 12.7 Å². The van der Waals surface area contributed by atoms with E-state index in [-0.39, 0.29) is 5.82 Å². The molecule has 6 nitrogen and oxygen atoms in total. The van der Waals surface area contributed by atoms with Gasteiger partial charge in [0.2, 0.25) is 0 Å². The lowest BCUT2D eigenvalue weighted by molar-refractivity contribution is 0.620. The van der Waals surface area contributed by atoms with Gasteiger partial charge in [0.15, 0.2) is 0 Å². The van der Waals surface area contributed by atoms with Gasteiger partial charge in [0, 0.05) is 41.5 Å². The third-order valence-corrected chi connectivity index (χ3v) is 6.18. The van der Waals surface area contributed by atoms with E-state index in [2.05, 4.69) is 44.4 Å². The molecule has 0 saturated heterocycles. The molecule has 158 valence electrons. The maximum atomic E-state index is 14.5. The molecule has 0 aliphatic heterocycles. The van der Waals surface area contributed by atoms with Crippen LogP contribution in [0.2, 0.25) is 0 Å². The number of nitrogens with zero attached hydrogens (tertiary/aromatic N) is 6. The van der Waals surface area contributed by atoms with Crippen molar-refractivity contribution in [3.05, 3.63) is 78.1 Å². The van der Waals surface area contributed by atoms with E-state index in [0.29, 0.717) is 28.5 Å². The fourth-order valence-electron chi connectivity index (χ4n) is 4.14. The number of halogens is 1. The van der Waals surface area contributed by atoms with Gasteiger partial charge in [-0.05, 0) is 61.2 Å². The Morgan fingerprint density at radius 1 is 1.06 bits per heavy atom. The number of aromatic nitrogens is 5. The fourth-order valence-corrected chi connectivity index (χ4v) is 4.14. The van der Waals surface area contributed by atoms with Crippen LogP contribution >= 0.6 is 0 Å². The minimum absolute atomic E-state index is 0.267. The normalized spacial score (nSPS) is 13.7. The van der Waals surface area contributed by atoms with Crippen LogP contribution < -0.4 is 4.90 Å². The van der Waals surface area contributed by atoms with Crippen LogP contribution in [0.5, 0.6) is 0 Å². The summed E-state index contributed by atoms with van der Waals surface area (Å²) in [6.07, 6.45) is 6.03. The second kappa shape index (κ2) is 7.09. The van der Waals surface area contributed by atoms with Crippen LogP contribution in [0.3, 0.4) is 0 Å². The summed E-state index contributed by atoms with van der Waals surface area (Å²) in [6, 6.07) is 15.8. The van der Waals surface area contributed by atoms with E-state index in [4.69, 9.17) is 0 Å². The molecule has 1 aliphatic rings. The van der Waals surface area contributed by atoms with Crippen molar-refractivity contribution in [3.8, 4) is 11.1 Å². The highest BCUT2D eigenvalue weighted by Crippen LogP contribution is 2.39. The summed E-state index contributed by atoms with van der Waals surface area (Å²) in [7, 11) is 1.93. The van der Waals surface area contributed by atoms with Gasteiger partial charge in [0.25, 0.3) is 5.78 Å². The number of anilines is 2. The maximum Gasteiger partial charge on any atom is 0.257 e. The molecule has 1 aliphatic carbocycles. The van der Waals surface area contributed by atoms with Crippen molar-refractivity contribution in [1.82, 2.24) is 24.6 Å². The Labute approximate surface area is 184 Å². The predicted octanol–water partition coefficient (Wildman–Crippen LogP) is 5.43. The molecule has 32 heavy (non-hydrogen) atoms. The van der Waals surface area contributed by atoms with Crippen molar-refractivity contribution >= 4 is 28.2 Å². The van der Waals surface area contributed by atoms with E-state index in [0.717, 1.165) is 22.3 Å². The Hall–Kier alpha value is -3.87. The molecule has 1 fully saturated rings. The lowest BCUT2D eigenvalue weighted by atomic mass is 10.1. The molecular formula is C25H21FN6. The molecule has 3 aromatic heterocycles. The third kappa shape index (κ3) is 3.09. The SMILES string of the molecule is Cc1cc2c(cc1F)c(N(C)c1cccc(-c3ccc(C4CC4)nc3)c1)nc1nncn12. The van der Waals surface area contributed by atoms with Crippen molar-refractivity contribution in [1.29, 1.82) is 0 Å². The highest BCUT2D eigenvalue weighted by atomic mass is 19.1. The summed E-state index contributed by atoms with van der Waals surface area (Å²) in [5, 5.41) is 8.81. The third-order valence-electron chi connectivity index (χ3n) is 6.18. The molecule has 0 unspecified atom stereocenters. The molecule has 0 radical (unpaired) electrons. The number of pyridine rings is 1. The number of aryl methyl sites for hydroxylation is 1. The van der Waals surface area contributed by atoms with E-state index in [1.54, 1.807) is 17.7 Å². The zero-order valence-electron chi connectivity index (χ0n) is 17.8. The van der Waals surface area contributed by atoms with Crippen molar-refractivity contribution in [3.63, 3.8) is 0 Å². The van der Waals surface area contributed by atoms with Gasteiger partial charge < -0.3 is 4.90 Å². The second-order valence-corrected chi connectivity index (χ2v) is 8.41. The quantitative estimate of drug-likeness (QED) is 0.385. The van der Waals surface area contributed by atoms with Crippen molar-refractivity contribution in [2.45, 2.75) is 25.7 Å². The summed E-state index contributed by atoms with van der Waals surface area (Å²) < 4.78 is 16.3. The molecule has 7 heteroatoms. The first kappa shape index (κ1) is 18.9. The second-order valence-electron chi connectivity index (χ2n) is 8.41. The zero-order chi connectivity index (χ0) is 21.8. The van der Waals surface area contributed by atoms with Gasteiger partial charge in [-0.15, -0.1) is 10.2 Å². The van der Waals surface area contributed by atoms with Crippen molar-refractivity contribution in [2.75, 3.05) is 11.9 Å². The summed E-state index contributed by atoms with van der Waals surface area (Å²) >= 11 is 0. The van der Waals surface area contributed by atoms with E-state index >= 15 is 0 Å². The number of hydrogen-bond donors (Lipinski definition) is 0. The Kier molecular flexibility index (Phi) is 4.18. The first-order valence-corrected chi connectivity index (χ1v) is 10.7. The van der Waals surface area contributed by atoms with Crippen LogP contribution in [-0.4, -0.2) is 31.6 Å². The van der Waals surface area contributed by atoms with Gasteiger partial charge in [-0.2, -0.15) is 4.98 Å². The van der Waals surface area contributed by atoms with E-state index in [1.165, 1.54) is 24.6 Å². The molecular weight excluding hydrogens is 403 g/mol. The number of fused-ring (bicyclic) bond motifs is 3. The Morgan fingerprint density at radius 2 is 1.94 bits per heavy atom. The van der Waals surface area contributed by atoms with E-state index in [9.17, 15) is 4.39 Å². The van der Waals surface area contributed by atoms with Crippen LogP contribution in [0.25, 0.3) is 27.8 Å². The minimum atomic E-state index is -0.267. The first-order chi connectivity index (χ1) is 15.6. The molecule has 3 heterocycles. The summed E-state index contributed by atoms with van der Waals surface area (Å²) in [5.41, 5.74) is 5.63. The molecule has 2 aromatic carbocycles. The van der Waals surface area contributed by atoms with Crippen LogP contribution in [0.4, 0.5) is 15.9 Å². The lowest BCUT2D eigenvalue weighted by Gasteiger charge is -2.21. The molecule has 6 rings (SSSR count). The Bertz CT molecular complexity index is 1470. The molecule has 5 aromatic rings. The van der Waals surface area contributed by atoms with Gasteiger partial charge >= 0.3 is 0 Å².